The fourth-order valence-electron chi connectivity index (χ4n) is 4.89. The summed E-state index contributed by atoms with van der Waals surface area (Å²) in [5.74, 6) is 2.17. The van der Waals surface area contributed by atoms with Crippen molar-refractivity contribution in [2.75, 3.05) is 19.7 Å². The van der Waals surface area contributed by atoms with E-state index in [4.69, 9.17) is 4.74 Å². The highest BCUT2D eigenvalue weighted by atomic mass is 16.5. The molecular weight excluding hydrogens is 440 g/mol. The van der Waals surface area contributed by atoms with Crippen LogP contribution in [0.4, 0.5) is 0 Å². The van der Waals surface area contributed by atoms with Gasteiger partial charge in [-0.3, -0.25) is 9.69 Å². The molecular formula is C27H32N6O2. The van der Waals surface area contributed by atoms with Gasteiger partial charge < -0.3 is 9.72 Å². The van der Waals surface area contributed by atoms with Crippen molar-refractivity contribution in [3.05, 3.63) is 81.9 Å². The van der Waals surface area contributed by atoms with Crippen molar-refractivity contribution in [2.45, 2.75) is 45.7 Å². The van der Waals surface area contributed by atoms with Gasteiger partial charge in [-0.05, 0) is 85.4 Å². The minimum absolute atomic E-state index is 0.108. The molecule has 3 heterocycles. The molecule has 0 aliphatic carbocycles. The van der Waals surface area contributed by atoms with Gasteiger partial charge in [0.15, 0.2) is 5.82 Å². The molecule has 8 heteroatoms. The zero-order valence-electron chi connectivity index (χ0n) is 20.4. The molecule has 0 amide bonds. The van der Waals surface area contributed by atoms with Gasteiger partial charge in [0.05, 0.1) is 6.61 Å². The van der Waals surface area contributed by atoms with Crippen molar-refractivity contribution >= 4 is 10.9 Å². The molecule has 182 valence electrons. The minimum Gasteiger partial charge on any atom is -0.494 e. The number of aryl methyl sites for hydroxylation is 2. The first kappa shape index (κ1) is 23.2. The van der Waals surface area contributed by atoms with Crippen LogP contribution in [0.25, 0.3) is 10.9 Å². The van der Waals surface area contributed by atoms with Crippen LogP contribution in [0, 0.1) is 5.92 Å². The Balaban J connectivity index is 1.55. The number of nitrogens with one attached hydrogen (secondary N) is 1. The van der Waals surface area contributed by atoms with Crippen LogP contribution < -0.4 is 10.3 Å². The summed E-state index contributed by atoms with van der Waals surface area (Å²) in [4.78, 5) is 18.8. The zero-order chi connectivity index (χ0) is 24.2. The Labute approximate surface area is 204 Å². The van der Waals surface area contributed by atoms with Crippen molar-refractivity contribution in [2.24, 2.45) is 5.92 Å². The Hall–Kier alpha value is -3.52. The quantitative estimate of drug-likeness (QED) is 0.417. The molecule has 1 fully saturated rings. The molecule has 4 aromatic rings. The molecule has 2 aromatic heterocycles. The van der Waals surface area contributed by atoms with E-state index in [1.165, 1.54) is 5.56 Å². The lowest BCUT2D eigenvalue weighted by Gasteiger charge is -2.35. The zero-order valence-corrected chi connectivity index (χ0v) is 20.4. The summed E-state index contributed by atoms with van der Waals surface area (Å²) in [7, 11) is 0. The maximum atomic E-state index is 13.4. The number of ether oxygens (including phenoxy) is 1. The average Bonchev–Trinajstić information content (AvgIpc) is 3.33. The predicted molar refractivity (Wildman–Crippen MR) is 136 cm³/mol. The Morgan fingerprint density at radius 2 is 1.91 bits per heavy atom. The fraction of sp³-hybridized carbons (Fsp3) is 0.407. The van der Waals surface area contributed by atoms with Crippen LogP contribution in [0.3, 0.4) is 0 Å². The molecule has 1 aliphatic rings. The average molecular weight is 473 g/mol. The molecule has 35 heavy (non-hydrogen) atoms. The molecule has 0 bridgehead atoms. The monoisotopic (exact) mass is 472 g/mol. The largest absolute Gasteiger partial charge is 0.494 e. The highest BCUT2D eigenvalue weighted by Gasteiger charge is 2.32. The summed E-state index contributed by atoms with van der Waals surface area (Å²) in [5.41, 5.74) is 2.57. The van der Waals surface area contributed by atoms with E-state index in [-0.39, 0.29) is 11.6 Å². The van der Waals surface area contributed by atoms with Crippen LogP contribution in [-0.2, 0) is 13.0 Å². The third-order valence-corrected chi connectivity index (χ3v) is 6.89. The number of rotatable bonds is 8. The molecule has 1 saturated heterocycles. The molecule has 1 atom stereocenters. The van der Waals surface area contributed by atoms with Gasteiger partial charge in [0.25, 0.3) is 5.56 Å². The number of H-pyrrole nitrogens is 1. The predicted octanol–water partition coefficient (Wildman–Crippen LogP) is 3.98. The minimum atomic E-state index is -0.322. The third-order valence-electron chi connectivity index (χ3n) is 6.89. The summed E-state index contributed by atoms with van der Waals surface area (Å²) < 4.78 is 7.56. The first-order chi connectivity index (χ1) is 17.1. The van der Waals surface area contributed by atoms with Gasteiger partial charge in [-0.1, -0.05) is 37.3 Å². The van der Waals surface area contributed by atoms with Crippen LogP contribution in [0.5, 0.6) is 5.75 Å². The lowest BCUT2D eigenvalue weighted by molar-refractivity contribution is 0.149. The van der Waals surface area contributed by atoms with Crippen molar-refractivity contribution in [1.29, 1.82) is 0 Å². The van der Waals surface area contributed by atoms with Gasteiger partial charge in [0.1, 0.15) is 11.8 Å². The van der Waals surface area contributed by atoms with E-state index in [2.05, 4.69) is 44.5 Å². The van der Waals surface area contributed by atoms with E-state index < -0.39 is 0 Å². The molecule has 2 aromatic carbocycles. The molecule has 0 unspecified atom stereocenters. The van der Waals surface area contributed by atoms with Gasteiger partial charge in [-0.25, -0.2) is 4.68 Å². The Bertz CT molecular complexity index is 1320. The van der Waals surface area contributed by atoms with Crippen molar-refractivity contribution in [3.8, 4) is 5.75 Å². The SMILES string of the molecule is CCOc1ccc2[nH]c(=O)c([C@H](c3nnnn3CCc3ccccc3)N3CCC(C)CC3)cc2c1. The fourth-order valence-corrected chi connectivity index (χ4v) is 4.89. The van der Waals surface area contributed by atoms with Crippen LogP contribution in [0.1, 0.15) is 49.7 Å². The van der Waals surface area contributed by atoms with Crippen molar-refractivity contribution in [3.63, 3.8) is 0 Å². The van der Waals surface area contributed by atoms with Crippen LogP contribution in [-0.4, -0.2) is 49.8 Å². The molecule has 0 spiro atoms. The second kappa shape index (κ2) is 10.4. The lowest BCUT2D eigenvalue weighted by atomic mass is 9.95. The van der Waals surface area contributed by atoms with Crippen LogP contribution in [0.15, 0.2) is 59.4 Å². The summed E-state index contributed by atoms with van der Waals surface area (Å²) in [5, 5.41) is 13.7. The number of hydrogen-bond donors (Lipinski definition) is 1. The van der Waals surface area contributed by atoms with Crippen LogP contribution in [0.2, 0.25) is 0 Å². The summed E-state index contributed by atoms with van der Waals surface area (Å²) in [6.45, 7) is 7.28. The molecule has 0 saturated carbocycles. The normalized spacial score (nSPS) is 15.9. The van der Waals surface area contributed by atoms with Gasteiger partial charge in [0, 0.05) is 23.0 Å². The number of pyridine rings is 1. The van der Waals surface area contributed by atoms with Gasteiger partial charge in [0.2, 0.25) is 0 Å². The first-order valence-electron chi connectivity index (χ1n) is 12.5. The summed E-state index contributed by atoms with van der Waals surface area (Å²) >= 11 is 0. The number of aromatic nitrogens is 5. The van der Waals surface area contributed by atoms with E-state index in [1.54, 1.807) is 0 Å². The van der Waals surface area contributed by atoms with E-state index in [1.807, 2.05) is 54.1 Å². The Morgan fingerprint density at radius 1 is 1.11 bits per heavy atom. The number of hydrogen-bond acceptors (Lipinski definition) is 6. The van der Waals surface area contributed by atoms with E-state index in [0.717, 1.165) is 49.0 Å². The highest BCUT2D eigenvalue weighted by molar-refractivity contribution is 5.80. The molecule has 8 nitrogen and oxygen atoms in total. The smallest absolute Gasteiger partial charge is 0.253 e. The Morgan fingerprint density at radius 3 is 2.69 bits per heavy atom. The first-order valence-corrected chi connectivity index (χ1v) is 12.5. The number of nitrogens with zero attached hydrogens (tertiary/aromatic N) is 5. The number of benzene rings is 2. The second-order valence-corrected chi connectivity index (χ2v) is 9.35. The molecule has 1 aliphatic heterocycles. The number of fused-ring (bicyclic) bond motifs is 1. The second-order valence-electron chi connectivity index (χ2n) is 9.35. The van der Waals surface area contributed by atoms with Crippen molar-refractivity contribution < 1.29 is 4.74 Å². The summed E-state index contributed by atoms with van der Waals surface area (Å²) in [6.07, 6.45) is 2.98. The maximum absolute atomic E-state index is 13.4. The van der Waals surface area contributed by atoms with Gasteiger partial charge in [-0.2, -0.15) is 0 Å². The van der Waals surface area contributed by atoms with Crippen LogP contribution >= 0.6 is 0 Å². The van der Waals surface area contributed by atoms with Gasteiger partial charge >= 0.3 is 0 Å². The number of aromatic amines is 1. The topological polar surface area (TPSA) is 88.9 Å². The van der Waals surface area contributed by atoms with Crippen molar-refractivity contribution in [1.82, 2.24) is 30.1 Å². The number of likely N-dealkylation sites (tertiary alicyclic amines) is 1. The van der Waals surface area contributed by atoms with E-state index in [0.29, 0.717) is 30.5 Å². The summed E-state index contributed by atoms with van der Waals surface area (Å²) in [6, 6.07) is 17.7. The van der Waals surface area contributed by atoms with E-state index in [9.17, 15) is 4.79 Å². The standard InChI is InChI=1S/C27H32N6O2/c1-3-35-22-9-10-24-21(17-22)18-23(27(34)28-24)25(32-14-11-19(2)12-15-32)26-29-30-31-33(26)16-13-20-7-5-4-6-8-20/h4-10,17-19,25H,3,11-16H2,1-2H3,(H,28,34)/t25-/m1/s1. The molecule has 0 radical (unpaired) electrons. The lowest BCUT2D eigenvalue weighted by Crippen LogP contribution is -2.40. The van der Waals surface area contributed by atoms with Gasteiger partial charge in [-0.15, -0.1) is 5.10 Å². The highest BCUT2D eigenvalue weighted by Crippen LogP contribution is 2.31. The van der Waals surface area contributed by atoms with E-state index >= 15 is 0 Å². The maximum Gasteiger partial charge on any atom is 0.253 e. The third kappa shape index (κ3) is 5.12. The molecule has 5 rings (SSSR count). The number of tetrazole rings is 1. The molecule has 1 N–H and O–H groups in total. The Kier molecular flexibility index (Phi) is 6.90. The number of piperidine rings is 1.